The van der Waals surface area contributed by atoms with Gasteiger partial charge in [-0.1, -0.05) is 38.0 Å². The van der Waals surface area contributed by atoms with Gasteiger partial charge in [-0.3, -0.25) is 39.1 Å². The van der Waals surface area contributed by atoms with Gasteiger partial charge in [0.15, 0.2) is 0 Å². The summed E-state index contributed by atoms with van der Waals surface area (Å²) in [4.78, 5) is 82.1. The molecule has 2 aliphatic heterocycles. The van der Waals surface area contributed by atoms with Crippen molar-refractivity contribution in [2.45, 2.75) is 83.6 Å². The smallest absolute Gasteiger partial charge is 0.263 e. The lowest BCUT2D eigenvalue weighted by Crippen LogP contribution is -2.46. The van der Waals surface area contributed by atoms with E-state index >= 15 is 0 Å². The van der Waals surface area contributed by atoms with E-state index in [4.69, 9.17) is 9.97 Å². The van der Waals surface area contributed by atoms with Crippen LogP contribution in [0.15, 0.2) is 73.4 Å². The van der Waals surface area contributed by atoms with Crippen LogP contribution in [-0.4, -0.2) is 107 Å². The standard InChI is InChI=1S/C48H59N11O5/c1-4-23-50-45(62)38-30-51-48(56-44(38)55-40-21-16-34-15-14-33(5-2)43(34)54-40)53-35-17-19-36(20-18-35)58-28-26-57(27-29-58)25-9-7-6-8-24-49-39-12-10-11-37-42(39)47(64)59(46(37)63)32(3)13-22-41(61)52-31-60/h4,10-12,16-21,30-33,49H,1,5-9,13-15,22-29H2,2-3H3,(H,50,62)(H,52,60,61)(H2,51,53,54,55,56). The van der Waals surface area contributed by atoms with Crippen LogP contribution in [0.2, 0.25) is 0 Å². The lowest BCUT2D eigenvalue weighted by atomic mass is 10.0. The number of aromatic nitrogens is 3. The van der Waals surface area contributed by atoms with E-state index in [1.807, 2.05) is 24.3 Å². The molecular formula is C48H59N11O5. The molecule has 5 amide bonds. The third-order valence-electron chi connectivity index (χ3n) is 12.3. The molecule has 4 heterocycles. The Hall–Kier alpha value is -6.68. The largest absolute Gasteiger partial charge is 0.384 e. The van der Waals surface area contributed by atoms with Crippen molar-refractivity contribution in [1.29, 1.82) is 0 Å². The van der Waals surface area contributed by atoms with Gasteiger partial charge >= 0.3 is 0 Å². The molecule has 2 aromatic carbocycles. The Morgan fingerprint density at radius 2 is 1.73 bits per heavy atom. The van der Waals surface area contributed by atoms with E-state index in [2.05, 4.69) is 73.1 Å². The maximum absolute atomic E-state index is 13.4. The van der Waals surface area contributed by atoms with E-state index in [9.17, 15) is 24.0 Å². The first-order valence-corrected chi connectivity index (χ1v) is 22.5. The molecule has 1 fully saturated rings. The number of unbranched alkanes of at least 4 members (excludes halogenated alkanes) is 3. The quantitative estimate of drug-likeness (QED) is 0.0248. The topological polar surface area (TPSA) is 194 Å². The third-order valence-corrected chi connectivity index (χ3v) is 12.3. The van der Waals surface area contributed by atoms with Crippen LogP contribution in [0.25, 0.3) is 0 Å². The summed E-state index contributed by atoms with van der Waals surface area (Å²) in [6, 6.07) is 17.1. The van der Waals surface area contributed by atoms with Crippen LogP contribution in [0.3, 0.4) is 0 Å². The van der Waals surface area contributed by atoms with Crippen LogP contribution in [0.5, 0.6) is 0 Å². The van der Waals surface area contributed by atoms with Gasteiger partial charge in [-0.05, 0) is 100 Å². The molecule has 16 nitrogen and oxygen atoms in total. The van der Waals surface area contributed by atoms with Crippen LogP contribution in [0, 0.1) is 0 Å². The molecule has 1 aliphatic carbocycles. The summed E-state index contributed by atoms with van der Waals surface area (Å²) in [5.41, 5.74) is 6.09. The fourth-order valence-electron chi connectivity index (χ4n) is 8.70. The zero-order chi connectivity index (χ0) is 45.0. The van der Waals surface area contributed by atoms with Crippen LogP contribution in [0.1, 0.15) is 113 Å². The van der Waals surface area contributed by atoms with E-state index in [0.29, 0.717) is 65.4 Å². The molecule has 0 saturated carbocycles. The van der Waals surface area contributed by atoms with E-state index in [1.165, 1.54) is 16.7 Å². The minimum Gasteiger partial charge on any atom is -0.384 e. The lowest BCUT2D eigenvalue weighted by Gasteiger charge is -2.36. The number of hydrogen-bond donors (Lipinski definition) is 5. The number of nitrogens with zero attached hydrogens (tertiary/aromatic N) is 6. The summed E-state index contributed by atoms with van der Waals surface area (Å²) in [5.74, 6) is 0.331. The van der Waals surface area contributed by atoms with Crippen molar-refractivity contribution in [3.8, 4) is 0 Å². The first-order valence-electron chi connectivity index (χ1n) is 22.5. The van der Waals surface area contributed by atoms with Gasteiger partial charge < -0.3 is 26.2 Å². The fraction of sp³-hybridized carbons (Fsp3) is 0.417. The summed E-state index contributed by atoms with van der Waals surface area (Å²) in [7, 11) is 0. The van der Waals surface area contributed by atoms with Crippen LogP contribution < -0.4 is 31.5 Å². The number of carbonyl (C=O) groups is 5. The predicted molar refractivity (Wildman–Crippen MR) is 249 cm³/mol. The van der Waals surface area contributed by atoms with Gasteiger partial charge in [0.1, 0.15) is 17.2 Å². The molecule has 2 atom stereocenters. The van der Waals surface area contributed by atoms with Crippen LogP contribution in [0.4, 0.5) is 34.6 Å². The maximum Gasteiger partial charge on any atom is 0.263 e. The Labute approximate surface area is 374 Å². The number of carbonyl (C=O) groups excluding carboxylic acids is 5. The molecule has 3 aliphatic rings. The molecule has 2 aromatic heterocycles. The monoisotopic (exact) mass is 869 g/mol. The number of hydrogen-bond acceptors (Lipinski definition) is 13. The Balaban J connectivity index is 0.834. The van der Waals surface area contributed by atoms with Gasteiger partial charge in [-0.2, -0.15) is 4.98 Å². The Morgan fingerprint density at radius 1 is 0.938 bits per heavy atom. The number of aryl methyl sites for hydroxylation is 1. The van der Waals surface area contributed by atoms with Gasteiger partial charge in [0.25, 0.3) is 17.7 Å². The Bertz CT molecular complexity index is 2330. The zero-order valence-corrected chi connectivity index (χ0v) is 36.8. The molecule has 0 radical (unpaired) electrons. The van der Waals surface area contributed by atoms with Gasteiger partial charge in [0.2, 0.25) is 18.3 Å². The molecule has 1 saturated heterocycles. The van der Waals surface area contributed by atoms with E-state index < -0.39 is 11.9 Å². The zero-order valence-electron chi connectivity index (χ0n) is 36.8. The van der Waals surface area contributed by atoms with E-state index in [0.717, 1.165) is 94.7 Å². The minimum atomic E-state index is -0.487. The first-order chi connectivity index (χ1) is 31.2. The molecule has 5 N–H and O–H groups in total. The predicted octanol–water partition coefficient (Wildman–Crippen LogP) is 6.55. The molecule has 0 bridgehead atoms. The van der Waals surface area contributed by atoms with Crippen molar-refractivity contribution in [2.75, 3.05) is 66.7 Å². The minimum absolute atomic E-state index is 0.0353. The summed E-state index contributed by atoms with van der Waals surface area (Å²) < 4.78 is 0. The second-order valence-electron chi connectivity index (χ2n) is 16.6. The lowest BCUT2D eigenvalue weighted by molar-refractivity contribution is -0.125. The molecule has 7 rings (SSSR count). The molecular weight excluding hydrogens is 811 g/mol. The molecule has 64 heavy (non-hydrogen) atoms. The van der Waals surface area contributed by atoms with Crippen molar-refractivity contribution >= 4 is 64.7 Å². The highest BCUT2D eigenvalue weighted by Gasteiger charge is 2.40. The number of pyridine rings is 1. The highest BCUT2D eigenvalue weighted by molar-refractivity contribution is 6.24. The Kier molecular flexibility index (Phi) is 15.3. The van der Waals surface area contributed by atoms with Crippen molar-refractivity contribution in [3.05, 3.63) is 101 Å². The number of benzene rings is 2. The fourth-order valence-corrected chi connectivity index (χ4v) is 8.70. The average molecular weight is 870 g/mol. The molecule has 16 heteroatoms. The van der Waals surface area contributed by atoms with Crippen molar-refractivity contribution in [2.24, 2.45) is 0 Å². The van der Waals surface area contributed by atoms with Gasteiger partial charge in [-0.25, -0.2) is 9.97 Å². The molecule has 0 spiro atoms. The van der Waals surface area contributed by atoms with E-state index in [1.54, 1.807) is 25.1 Å². The van der Waals surface area contributed by atoms with Gasteiger partial charge in [0.05, 0.1) is 11.1 Å². The van der Waals surface area contributed by atoms with Crippen molar-refractivity contribution < 1.29 is 24.0 Å². The summed E-state index contributed by atoms with van der Waals surface area (Å²) >= 11 is 0. The second-order valence-corrected chi connectivity index (χ2v) is 16.6. The van der Waals surface area contributed by atoms with Crippen LogP contribution >= 0.6 is 0 Å². The van der Waals surface area contributed by atoms with Gasteiger partial charge in [0, 0.05) is 86.6 Å². The molecule has 4 aromatic rings. The highest BCUT2D eigenvalue weighted by atomic mass is 16.2. The number of nitrogens with one attached hydrogen (secondary N) is 5. The molecule has 2 unspecified atom stereocenters. The summed E-state index contributed by atoms with van der Waals surface area (Å²) in [6.45, 7) is 13.5. The SMILES string of the molecule is C=CCNC(=O)c1cnc(Nc2ccc(N3CCN(CCCCCCNc4cccc5c4C(=O)N(C(C)CCC(=O)NC=O)C5=O)CC3)cc2)nc1Nc1ccc2c(n1)C(CC)CC2. The highest BCUT2D eigenvalue weighted by Crippen LogP contribution is 2.36. The number of amides is 5. The maximum atomic E-state index is 13.4. The number of imide groups is 2. The first kappa shape index (κ1) is 45.3. The van der Waals surface area contributed by atoms with Gasteiger partial charge in [-0.15, -0.1) is 6.58 Å². The second kappa shape index (κ2) is 21.6. The average Bonchev–Trinajstić information content (AvgIpc) is 3.84. The van der Waals surface area contributed by atoms with E-state index in [-0.39, 0.29) is 30.6 Å². The van der Waals surface area contributed by atoms with Crippen molar-refractivity contribution in [3.63, 3.8) is 0 Å². The van der Waals surface area contributed by atoms with Crippen LogP contribution in [-0.2, 0) is 16.0 Å². The Morgan fingerprint density at radius 3 is 2.50 bits per heavy atom. The van der Waals surface area contributed by atoms with Crippen molar-refractivity contribution in [1.82, 2.24) is 35.4 Å². The number of rotatable bonds is 22. The normalized spacial score (nSPS) is 16.2. The number of fused-ring (bicyclic) bond motifs is 2. The summed E-state index contributed by atoms with van der Waals surface area (Å²) in [6.07, 6.45) is 11.1. The summed E-state index contributed by atoms with van der Waals surface area (Å²) in [5, 5.41) is 14.9. The third kappa shape index (κ3) is 10.9. The molecule has 336 valence electrons. The number of anilines is 6. The number of piperazine rings is 1.